The number of hydrogen-bond acceptors (Lipinski definition) is 5. The van der Waals surface area contributed by atoms with Crippen LogP contribution < -0.4 is 4.80 Å². The zero-order valence-electron chi connectivity index (χ0n) is 15.1. The Hall–Kier alpha value is -2.71. The summed E-state index contributed by atoms with van der Waals surface area (Å²) in [7, 11) is 0. The molecule has 0 N–H and O–H groups in total. The highest BCUT2D eigenvalue weighted by Crippen LogP contribution is 2.23. The van der Waals surface area contributed by atoms with E-state index in [1.54, 1.807) is 28.5 Å². The van der Waals surface area contributed by atoms with Crippen LogP contribution in [0.2, 0.25) is 0 Å². The standard InChI is InChI=1S/C20H19N3O3S2/c1-2-12-22-17-14-15(23(25)26)10-11-18(17)28-20(22)21-19(24)9-6-13-27-16-7-4-3-5-8-16/h2-5,7-8,10-11,14H,1,6,9,12-13H2. The fourth-order valence-electron chi connectivity index (χ4n) is 2.65. The van der Waals surface area contributed by atoms with Crippen LogP contribution in [-0.2, 0) is 11.3 Å². The van der Waals surface area contributed by atoms with Gasteiger partial charge in [-0.1, -0.05) is 35.6 Å². The summed E-state index contributed by atoms with van der Waals surface area (Å²) in [6, 6.07) is 14.7. The van der Waals surface area contributed by atoms with Crippen LogP contribution in [0.25, 0.3) is 10.2 Å². The van der Waals surface area contributed by atoms with Crippen molar-refractivity contribution in [1.82, 2.24) is 4.57 Å². The molecular formula is C20H19N3O3S2. The fourth-order valence-corrected chi connectivity index (χ4v) is 4.57. The predicted octanol–water partition coefficient (Wildman–Crippen LogP) is 4.80. The number of amides is 1. The van der Waals surface area contributed by atoms with Gasteiger partial charge in [0.25, 0.3) is 5.69 Å². The highest BCUT2D eigenvalue weighted by molar-refractivity contribution is 7.99. The van der Waals surface area contributed by atoms with Gasteiger partial charge in [0.1, 0.15) is 0 Å². The van der Waals surface area contributed by atoms with E-state index >= 15 is 0 Å². The van der Waals surface area contributed by atoms with Crippen molar-refractivity contribution in [1.29, 1.82) is 0 Å². The fraction of sp³-hybridized carbons (Fsp3) is 0.200. The number of nitro benzene ring substituents is 1. The summed E-state index contributed by atoms with van der Waals surface area (Å²) >= 11 is 3.06. The minimum Gasteiger partial charge on any atom is -0.312 e. The highest BCUT2D eigenvalue weighted by Gasteiger charge is 2.12. The van der Waals surface area contributed by atoms with Crippen molar-refractivity contribution in [2.24, 2.45) is 4.99 Å². The topological polar surface area (TPSA) is 77.5 Å². The Kier molecular flexibility index (Phi) is 6.78. The molecule has 0 spiro atoms. The number of aromatic nitrogens is 1. The maximum atomic E-state index is 12.3. The summed E-state index contributed by atoms with van der Waals surface area (Å²) in [4.78, 5) is 28.9. The van der Waals surface area contributed by atoms with Crippen molar-refractivity contribution in [2.75, 3.05) is 5.75 Å². The second-order valence-corrected chi connectivity index (χ2v) is 8.14. The number of thioether (sulfide) groups is 1. The molecule has 0 bridgehead atoms. The van der Waals surface area contributed by atoms with Crippen LogP contribution >= 0.6 is 23.1 Å². The molecule has 1 amide bonds. The lowest BCUT2D eigenvalue weighted by molar-refractivity contribution is -0.384. The Morgan fingerprint density at radius 1 is 1.29 bits per heavy atom. The molecule has 0 unspecified atom stereocenters. The maximum Gasteiger partial charge on any atom is 0.271 e. The van der Waals surface area contributed by atoms with Crippen LogP contribution in [-0.4, -0.2) is 21.2 Å². The highest BCUT2D eigenvalue weighted by atomic mass is 32.2. The van der Waals surface area contributed by atoms with E-state index in [-0.39, 0.29) is 11.6 Å². The lowest BCUT2D eigenvalue weighted by atomic mass is 10.3. The first kappa shape index (κ1) is 20.0. The van der Waals surface area contributed by atoms with Crippen molar-refractivity contribution in [3.8, 4) is 0 Å². The van der Waals surface area contributed by atoms with Gasteiger partial charge in [-0.3, -0.25) is 14.9 Å². The van der Waals surface area contributed by atoms with E-state index in [4.69, 9.17) is 0 Å². The SMILES string of the molecule is C=CCn1c(=NC(=O)CCCSc2ccccc2)sc2ccc([N+](=O)[O-])cc21. The first-order valence-corrected chi connectivity index (χ1v) is 10.5. The van der Waals surface area contributed by atoms with Crippen LogP contribution in [0.4, 0.5) is 5.69 Å². The summed E-state index contributed by atoms with van der Waals surface area (Å²) in [5.41, 5.74) is 0.698. The quantitative estimate of drug-likeness (QED) is 0.175. The largest absolute Gasteiger partial charge is 0.312 e. The molecule has 8 heteroatoms. The molecule has 3 rings (SSSR count). The molecule has 0 aliphatic carbocycles. The first-order valence-electron chi connectivity index (χ1n) is 8.72. The number of non-ortho nitro benzene ring substituents is 1. The number of carbonyl (C=O) groups excluding carboxylic acids is 1. The normalized spacial score (nSPS) is 11.6. The zero-order chi connectivity index (χ0) is 19.9. The lowest BCUT2D eigenvalue weighted by Gasteiger charge is -2.01. The van der Waals surface area contributed by atoms with E-state index in [0.717, 1.165) is 16.9 Å². The van der Waals surface area contributed by atoms with Crippen LogP contribution in [0.5, 0.6) is 0 Å². The van der Waals surface area contributed by atoms with Crippen LogP contribution in [0.15, 0.2) is 71.1 Å². The Morgan fingerprint density at radius 2 is 2.07 bits per heavy atom. The number of thiazole rings is 1. The summed E-state index contributed by atoms with van der Waals surface area (Å²) in [6.07, 6.45) is 2.78. The number of nitrogens with zero attached hydrogens (tertiary/aromatic N) is 3. The van der Waals surface area contributed by atoms with E-state index in [9.17, 15) is 14.9 Å². The van der Waals surface area contributed by atoms with E-state index in [1.165, 1.54) is 28.4 Å². The second-order valence-electron chi connectivity index (χ2n) is 5.96. The molecule has 0 saturated carbocycles. The van der Waals surface area contributed by atoms with E-state index in [2.05, 4.69) is 11.6 Å². The first-order chi connectivity index (χ1) is 13.6. The average Bonchev–Trinajstić information content (AvgIpc) is 3.03. The van der Waals surface area contributed by atoms with Gasteiger partial charge >= 0.3 is 0 Å². The van der Waals surface area contributed by atoms with Crippen molar-refractivity contribution in [3.05, 3.63) is 76.1 Å². The molecule has 1 heterocycles. The van der Waals surface area contributed by atoms with Gasteiger partial charge in [0.2, 0.25) is 5.91 Å². The number of hydrogen-bond donors (Lipinski definition) is 0. The van der Waals surface area contributed by atoms with E-state index in [1.807, 2.05) is 30.3 Å². The minimum atomic E-state index is -0.429. The van der Waals surface area contributed by atoms with Crippen molar-refractivity contribution in [2.45, 2.75) is 24.3 Å². The number of fused-ring (bicyclic) bond motifs is 1. The van der Waals surface area contributed by atoms with Gasteiger partial charge in [-0.25, -0.2) is 0 Å². The van der Waals surface area contributed by atoms with Crippen LogP contribution in [0.1, 0.15) is 12.8 Å². The molecule has 0 radical (unpaired) electrons. The molecule has 0 aliphatic rings. The predicted molar refractivity (Wildman–Crippen MR) is 114 cm³/mol. The van der Waals surface area contributed by atoms with Gasteiger partial charge in [0.05, 0.1) is 15.1 Å². The maximum absolute atomic E-state index is 12.3. The molecule has 0 saturated heterocycles. The number of nitro groups is 1. The molecule has 0 fully saturated rings. The average molecular weight is 414 g/mol. The molecular weight excluding hydrogens is 394 g/mol. The van der Waals surface area contributed by atoms with E-state index < -0.39 is 4.92 Å². The van der Waals surface area contributed by atoms with Gasteiger partial charge in [-0.15, -0.1) is 18.3 Å². The number of carbonyl (C=O) groups is 1. The molecule has 0 atom stereocenters. The molecule has 1 aromatic heterocycles. The Bertz CT molecular complexity index is 1070. The van der Waals surface area contributed by atoms with Gasteiger partial charge in [0, 0.05) is 30.0 Å². The van der Waals surface area contributed by atoms with Crippen molar-refractivity contribution in [3.63, 3.8) is 0 Å². The van der Waals surface area contributed by atoms with Gasteiger partial charge in [-0.05, 0) is 30.4 Å². The zero-order valence-corrected chi connectivity index (χ0v) is 16.7. The number of rotatable bonds is 8. The third-order valence-electron chi connectivity index (χ3n) is 3.96. The van der Waals surface area contributed by atoms with Crippen LogP contribution in [0.3, 0.4) is 0 Å². The smallest absolute Gasteiger partial charge is 0.271 e. The van der Waals surface area contributed by atoms with Gasteiger partial charge < -0.3 is 4.57 Å². The molecule has 6 nitrogen and oxygen atoms in total. The summed E-state index contributed by atoms with van der Waals surface area (Å²) < 4.78 is 2.63. The molecule has 0 aliphatic heterocycles. The van der Waals surface area contributed by atoms with E-state index in [0.29, 0.717) is 23.3 Å². The molecule has 144 valence electrons. The van der Waals surface area contributed by atoms with Gasteiger partial charge in [-0.2, -0.15) is 4.99 Å². The van der Waals surface area contributed by atoms with Crippen molar-refractivity contribution < 1.29 is 9.72 Å². The van der Waals surface area contributed by atoms with Crippen molar-refractivity contribution >= 4 is 44.9 Å². The third kappa shape index (κ3) is 4.96. The van der Waals surface area contributed by atoms with Gasteiger partial charge in [0.15, 0.2) is 4.80 Å². The Labute approximate surface area is 170 Å². The lowest BCUT2D eigenvalue weighted by Crippen LogP contribution is -2.16. The summed E-state index contributed by atoms with van der Waals surface area (Å²) in [5, 5.41) is 11.0. The summed E-state index contributed by atoms with van der Waals surface area (Å²) in [5.74, 6) is 0.656. The monoisotopic (exact) mass is 413 g/mol. The Morgan fingerprint density at radius 3 is 2.79 bits per heavy atom. The second kappa shape index (κ2) is 9.48. The minimum absolute atomic E-state index is 0.0129. The van der Waals surface area contributed by atoms with Crippen LogP contribution in [0, 0.1) is 10.1 Å². The number of benzene rings is 2. The summed E-state index contributed by atoms with van der Waals surface area (Å²) in [6.45, 7) is 4.16. The third-order valence-corrected chi connectivity index (χ3v) is 6.11. The number of allylic oxidation sites excluding steroid dienone is 1. The Balaban J connectivity index is 1.74. The molecule has 2 aromatic carbocycles. The molecule has 3 aromatic rings. The molecule has 28 heavy (non-hydrogen) atoms.